The monoisotopic (exact) mass is 233 g/mol. The maximum Gasteiger partial charge on any atom is 0.405 e. The molecule has 0 aliphatic carbocycles. The topological polar surface area (TPSA) is 64.9 Å². The molecule has 0 aromatic carbocycles. The molecule has 0 spiro atoms. The Morgan fingerprint density at radius 2 is 2.00 bits per heavy atom. The lowest BCUT2D eigenvalue weighted by atomic mass is 10.1. The summed E-state index contributed by atoms with van der Waals surface area (Å²) in [6.45, 7) is 5.33. The molecular weight excluding hydrogens is 214 g/mol. The van der Waals surface area contributed by atoms with Gasteiger partial charge in [-0.1, -0.05) is 0 Å². The lowest BCUT2D eigenvalue weighted by Gasteiger charge is -2.29. The largest absolute Gasteiger partial charge is 0.465 e. The van der Waals surface area contributed by atoms with Crippen LogP contribution in [0.15, 0.2) is 4.99 Å². The number of rotatable bonds is 3. The summed E-state index contributed by atoms with van der Waals surface area (Å²) in [5, 5.41) is 10.6. The second-order valence-corrected chi connectivity index (χ2v) is 4.59. The van der Waals surface area contributed by atoms with E-state index in [1.54, 1.807) is 13.8 Å². The summed E-state index contributed by atoms with van der Waals surface area (Å²) in [6.07, 6.45) is -1.07. The van der Waals surface area contributed by atoms with E-state index in [1.165, 1.54) is 0 Å². The van der Waals surface area contributed by atoms with Gasteiger partial charge in [-0.05, 0) is 20.8 Å². The predicted octanol–water partition coefficient (Wildman–Crippen LogP) is 1.27. The van der Waals surface area contributed by atoms with Gasteiger partial charge >= 0.3 is 6.09 Å². The number of amides is 1. The van der Waals surface area contributed by atoms with Gasteiger partial charge in [0.15, 0.2) is 0 Å². The van der Waals surface area contributed by atoms with E-state index in [9.17, 15) is 4.79 Å². The molecule has 88 valence electrons. The second-order valence-electron chi connectivity index (χ2n) is 4.10. The van der Waals surface area contributed by atoms with Crippen molar-refractivity contribution in [3.8, 4) is 0 Å². The van der Waals surface area contributed by atoms with Gasteiger partial charge in [0, 0.05) is 14.1 Å². The molecular formula is C9H19N3O2S. The van der Waals surface area contributed by atoms with Crippen molar-refractivity contribution in [2.75, 3.05) is 14.1 Å². The molecule has 0 bridgehead atoms. The summed E-state index contributed by atoms with van der Waals surface area (Å²) in [6, 6.07) is 0. The van der Waals surface area contributed by atoms with Gasteiger partial charge in [-0.15, -0.1) is 0 Å². The first kappa shape index (κ1) is 14.1. The molecule has 0 aromatic heterocycles. The average Bonchev–Trinajstić information content (AvgIpc) is 2.01. The van der Waals surface area contributed by atoms with Crippen LogP contribution in [-0.4, -0.2) is 46.9 Å². The summed E-state index contributed by atoms with van der Waals surface area (Å²) in [4.78, 5) is 16.7. The van der Waals surface area contributed by atoms with Gasteiger partial charge < -0.3 is 15.3 Å². The standard InChI is InChI=1S/C9H19N3O2S/c1-6(12(4)5)10-7(15)9(2,3)11-8(13)14/h7,11,15H,1-5H3,(H,13,14)/b10-6+. The smallest absolute Gasteiger partial charge is 0.405 e. The van der Waals surface area contributed by atoms with Crippen LogP contribution in [0.2, 0.25) is 0 Å². The van der Waals surface area contributed by atoms with Gasteiger partial charge in [0.05, 0.1) is 11.4 Å². The Labute approximate surface area is 96.0 Å². The zero-order chi connectivity index (χ0) is 12.2. The van der Waals surface area contributed by atoms with E-state index in [-0.39, 0.29) is 0 Å². The molecule has 5 nitrogen and oxygen atoms in total. The van der Waals surface area contributed by atoms with Gasteiger partial charge in [0.2, 0.25) is 0 Å². The van der Waals surface area contributed by atoms with E-state index in [0.717, 1.165) is 5.84 Å². The second kappa shape index (κ2) is 5.25. The van der Waals surface area contributed by atoms with Gasteiger partial charge in [-0.2, -0.15) is 12.6 Å². The van der Waals surface area contributed by atoms with Crippen LogP contribution in [0.25, 0.3) is 0 Å². The molecule has 2 N–H and O–H groups in total. The quantitative estimate of drug-likeness (QED) is 0.391. The molecule has 1 unspecified atom stereocenters. The SMILES string of the molecule is C/C(=N\C(S)C(C)(C)NC(=O)O)N(C)C. The van der Waals surface area contributed by atoms with Crippen molar-refractivity contribution in [3.05, 3.63) is 0 Å². The fourth-order valence-electron chi connectivity index (χ4n) is 0.794. The Bertz CT molecular complexity index is 264. The lowest BCUT2D eigenvalue weighted by molar-refractivity contribution is 0.182. The maximum absolute atomic E-state index is 10.5. The van der Waals surface area contributed by atoms with Crippen molar-refractivity contribution in [1.82, 2.24) is 10.2 Å². The van der Waals surface area contributed by atoms with Crippen molar-refractivity contribution in [3.63, 3.8) is 0 Å². The summed E-state index contributed by atoms with van der Waals surface area (Å²) < 4.78 is 0. The van der Waals surface area contributed by atoms with E-state index in [2.05, 4.69) is 22.9 Å². The van der Waals surface area contributed by atoms with E-state index < -0.39 is 17.0 Å². The van der Waals surface area contributed by atoms with E-state index >= 15 is 0 Å². The van der Waals surface area contributed by atoms with Gasteiger partial charge in [-0.25, -0.2) is 4.79 Å². The highest BCUT2D eigenvalue weighted by molar-refractivity contribution is 7.81. The minimum atomic E-state index is -1.07. The number of aliphatic imine (C=N–C) groups is 1. The molecule has 0 heterocycles. The first-order valence-electron chi connectivity index (χ1n) is 4.57. The number of amidine groups is 1. The number of nitrogens with one attached hydrogen (secondary N) is 1. The van der Waals surface area contributed by atoms with E-state index in [1.807, 2.05) is 25.9 Å². The summed E-state index contributed by atoms with van der Waals surface area (Å²) in [7, 11) is 3.74. The lowest BCUT2D eigenvalue weighted by Crippen LogP contribution is -2.49. The fraction of sp³-hybridized carbons (Fsp3) is 0.778. The third-order valence-electron chi connectivity index (χ3n) is 2.03. The highest BCUT2D eigenvalue weighted by atomic mass is 32.1. The number of hydrogen-bond donors (Lipinski definition) is 3. The van der Waals surface area contributed by atoms with Crippen LogP contribution in [0.3, 0.4) is 0 Å². The van der Waals surface area contributed by atoms with Crippen molar-refractivity contribution in [2.24, 2.45) is 4.99 Å². The Kier molecular flexibility index (Phi) is 4.93. The minimum Gasteiger partial charge on any atom is -0.465 e. The van der Waals surface area contributed by atoms with Crippen molar-refractivity contribution in [1.29, 1.82) is 0 Å². The Morgan fingerprint density at radius 1 is 1.53 bits per heavy atom. The number of carboxylic acid groups (broad SMARTS) is 1. The molecule has 0 aromatic rings. The molecule has 6 heteroatoms. The first-order chi connectivity index (χ1) is 6.66. The fourth-order valence-corrected chi connectivity index (χ4v) is 1.03. The molecule has 0 aliphatic rings. The zero-order valence-corrected chi connectivity index (χ0v) is 10.7. The Morgan fingerprint density at radius 3 is 2.33 bits per heavy atom. The average molecular weight is 233 g/mol. The normalized spacial score (nSPS) is 14.7. The summed E-state index contributed by atoms with van der Waals surface area (Å²) in [5.74, 6) is 0.801. The van der Waals surface area contributed by atoms with Crippen LogP contribution in [-0.2, 0) is 0 Å². The highest BCUT2D eigenvalue weighted by Gasteiger charge is 2.28. The molecule has 0 saturated heterocycles. The molecule has 0 radical (unpaired) electrons. The maximum atomic E-state index is 10.5. The molecule has 0 fully saturated rings. The highest BCUT2D eigenvalue weighted by Crippen LogP contribution is 2.16. The third-order valence-corrected chi connectivity index (χ3v) is 2.79. The zero-order valence-electron chi connectivity index (χ0n) is 9.77. The number of hydrogen-bond acceptors (Lipinski definition) is 3. The predicted molar refractivity (Wildman–Crippen MR) is 64.8 cm³/mol. The molecule has 0 saturated carbocycles. The van der Waals surface area contributed by atoms with Crippen LogP contribution in [0.4, 0.5) is 4.79 Å². The van der Waals surface area contributed by atoms with E-state index in [4.69, 9.17) is 5.11 Å². The van der Waals surface area contributed by atoms with Crippen LogP contribution < -0.4 is 5.32 Å². The number of nitrogens with zero attached hydrogens (tertiary/aromatic N) is 2. The Balaban J connectivity index is 4.62. The Hall–Kier alpha value is -0.910. The van der Waals surface area contributed by atoms with Gasteiger partial charge in [0.25, 0.3) is 0 Å². The first-order valence-corrected chi connectivity index (χ1v) is 5.09. The number of thiol groups is 1. The molecule has 0 aliphatic heterocycles. The molecule has 1 atom stereocenters. The van der Waals surface area contributed by atoms with Crippen LogP contribution in [0, 0.1) is 0 Å². The van der Waals surface area contributed by atoms with Crippen molar-refractivity contribution >= 4 is 24.6 Å². The van der Waals surface area contributed by atoms with E-state index in [0.29, 0.717) is 0 Å². The summed E-state index contributed by atoms with van der Waals surface area (Å²) in [5.41, 5.74) is -0.702. The van der Waals surface area contributed by atoms with Crippen molar-refractivity contribution < 1.29 is 9.90 Å². The van der Waals surface area contributed by atoms with Gasteiger partial charge in [0.1, 0.15) is 5.37 Å². The van der Waals surface area contributed by atoms with Crippen LogP contribution in [0.5, 0.6) is 0 Å². The van der Waals surface area contributed by atoms with Gasteiger partial charge in [-0.3, -0.25) is 4.99 Å². The minimum absolute atomic E-state index is 0.420. The van der Waals surface area contributed by atoms with Crippen molar-refractivity contribution in [2.45, 2.75) is 31.7 Å². The van der Waals surface area contributed by atoms with Crippen LogP contribution >= 0.6 is 12.6 Å². The summed E-state index contributed by atoms with van der Waals surface area (Å²) >= 11 is 4.28. The number of carbonyl (C=O) groups is 1. The molecule has 1 amide bonds. The third kappa shape index (κ3) is 4.92. The van der Waals surface area contributed by atoms with Crippen LogP contribution in [0.1, 0.15) is 20.8 Å². The molecule has 15 heavy (non-hydrogen) atoms. The molecule has 0 rings (SSSR count).